The van der Waals surface area contributed by atoms with Gasteiger partial charge in [-0.3, -0.25) is 9.69 Å². The Hall–Kier alpha value is -3.07. The van der Waals surface area contributed by atoms with Crippen molar-refractivity contribution in [2.24, 2.45) is 5.92 Å². The Kier molecular flexibility index (Phi) is 8.71. The zero-order valence-electron chi connectivity index (χ0n) is 19.5. The van der Waals surface area contributed by atoms with Gasteiger partial charge in [0, 0.05) is 18.8 Å². The maximum Gasteiger partial charge on any atom is 0.338 e. The van der Waals surface area contributed by atoms with Crippen molar-refractivity contribution in [3.63, 3.8) is 0 Å². The van der Waals surface area contributed by atoms with Gasteiger partial charge in [-0.05, 0) is 57.9 Å². The van der Waals surface area contributed by atoms with E-state index in [0.717, 1.165) is 24.9 Å². The van der Waals surface area contributed by atoms with Gasteiger partial charge >= 0.3 is 18.0 Å². The minimum atomic E-state index is -0.658. The lowest BCUT2D eigenvalue weighted by Gasteiger charge is -2.35. The molecule has 1 aromatic carbocycles. The zero-order valence-corrected chi connectivity index (χ0v) is 19.5. The lowest BCUT2D eigenvalue weighted by molar-refractivity contribution is -0.150. The smallest absolute Gasteiger partial charge is 0.338 e. The second-order valence-corrected chi connectivity index (χ2v) is 7.97. The number of hydrogen-bond acceptors (Lipinski definition) is 7. The molecule has 9 heteroatoms. The van der Waals surface area contributed by atoms with Crippen LogP contribution in [0.15, 0.2) is 35.5 Å². The third-order valence-electron chi connectivity index (χ3n) is 5.68. The second-order valence-electron chi connectivity index (χ2n) is 7.97. The maximum absolute atomic E-state index is 13.0. The van der Waals surface area contributed by atoms with Crippen LogP contribution in [0.5, 0.6) is 5.75 Å². The Labute approximate surface area is 194 Å². The van der Waals surface area contributed by atoms with Gasteiger partial charge in [-0.1, -0.05) is 12.1 Å². The standard InChI is InChI=1S/C24H33N3O6/c1-4-31-18-11-9-16(10-12-18)21-20(23(29)33-6-3)19(25-24(30)26-21)15-27-13-7-8-17(14-27)22(28)32-5-2/h9-12,17,21H,4-8,13-15H2,1-3H3,(H2,25,26,30)/t17-,21-/m1/s1. The van der Waals surface area contributed by atoms with E-state index in [9.17, 15) is 14.4 Å². The molecule has 180 valence electrons. The lowest BCUT2D eigenvalue weighted by Crippen LogP contribution is -2.50. The third-order valence-corrected chi connectivity index (χ3v) is 5.68. The molecule has 1 saturated heterocycles. The first-order valence-electron chi connectivity index (χ1n) is 11.6. The van der Waals surface area contributed by atoms with Gasteiger partial charge < -0.3 is 24.8 Å². The molecular formula is C24H33N3O6. The van der Waals surface area contributed by atoms with Crippen LogP contribution in [0.1, 0.15) is 45.2 Å². The molecule has 9 nitrogen and oxygen atoms in total. The summed E-state index contributed by atoms with van der Waals surface area (Å²) >= 11 is 0. The second kappa shape index (κ2) is 11.7. The molecule has 33 heavy (non-hydrogen) atoms. The molecule has 3 rings (SSSR count). The fourth-order valence-electron chi connectivity index (χ4n) is 4.24. The monoisotopic (exact) mass is 459 g/mol. The van der Waals surface area contributed by atoms with E-state index in [0.29, 0.717) is 43.3 Å². The highest BCUT2D eigenvalue weighted by molar-refractivity contribution is 5.95. The van der Waals surface area contributed by atoms with Crippen LogP contribution in [0.2, 0.25) is 0 Å². The van der Waals surface area contributed by atoms with Crippen molar-refractivity contribution in [2.75, 3.05) is 39.5 Å². The Morgan fingerprint density at radius 3 is 2.45 bits per heavy atom. The molecule has 2 aliphatic rings. The summed E-state index contributed by atoms with van der Waals surface area (Å²) in [6.45, 7) is 8.14. The number of urea groups is 1. The summed E-state index contributed by atoms with van der Waals surface area (Å²) in [7, 11) is 0. The van der Waals surface area contributed by atoms with Gasteiger partial charge in [0.2, 0.25) is 0 Å². The molecule has 0 aliphatic carbocycles. The van der Waals surface area contributed by atoms with E-state index in [2.05, 4.69) is 15.5 Å². The van der Waals surface area contributed by atoms with Crippen LogP contribution in [0, 0.1) is 5.92 Å². The van der Waals surface area contributed by atoms with Crippen LogP contribution < -0.4 is 15.4 Å². The minimum Gasteiger partial charge on any atom is -0.494 e. The van der Waals surface area contributed by atoms with Crippen LogP contribution in [0.25, 0.3) is 0 Å². The molecule has 2 atom stereocenters. The fraction of sp³-hybridized carbons (Fsp3) is 0.542. The highest BCUT2D eigenvalue weighted by Gasteiger charge is 2.35. The number of piperidine rings is 1. The molecule has 0 spiro atoms. The number of carbonyl (C=O) groups is 3. The van der Waals surface area contributed by atoms with E-state index in [1.165, 1.54) is 0 Å². The largest absolute Gasteiger partial charge is 0.494 e. The number of hydrogen-bond donors (Lipinski definition) is 2. The number of nitrogens with one attached hydrogen (secondary N) is 2. The summed E-state index contributed by atoms with van der Waals surface area (Å²) < 4.78 is 16.0. The van der Waals surface area contributed by atoms with Gasteiger partial charge in [0.15, 0.2) is 0 Å². The van der Waals surface area contributed by atoms with Gasteiger partial charge in [0.25, 0.3) is 0 Å². The summed E-state index contributed by atoms with van der Waals surface area (Å²) in [6.07, 6.45) is 1.60. The van der Waals surface area contributed by atoms with Crippen molar-refractivity contribution in [3.8, 4) is 5.75 Å². The predicted octanol–water partition coefficient (Wildman–Crippen LogP) is 2.53. The Morgan fingerprint density at radius 1 is 1.06 bits per heavy atom. The quantitative estimate of drug-likeness (QED) is 0.547. The molecule has 0 unspecified atom stereocenters. The van der Waals surface area contributed by atoms with Crippen LogP contribution >= 0.6 is 0 Å². The molecule has 2 aliphatic heterocycles. The number of amides is 2. The fourth-order valence-corrected chi connectivity index (χ4v) is 4.24. The highest BCUT2D eigenvalue weighted by Crippen LogP contribution is 2.30. The Bertz CT molecular complexity index is 883. The molecule has 0 saturated carbocycles. The average molecular weight is 460 g/mol. The third kappa shape index (κ3) is 6.25. The van der Waals surface area contributed by atoms with Crippen LogP contribution in [0.4, 0.5) is 4.79 Å². The molecule has 1 fully saturated rings. The van der Waals surface area contributed by atoms with Gasteiger partial charge in [-0.2, -0.15) is 0 Å². The first kappa shape index (κ1) is 24.6. The van der Waals surface area contributed by atoms with Gasteiger partial charge in [0.05, 0.1) is 37.4 Å². The molecule has 1 aromatic rings. The molecule has 2 N–H and O–H groups in total. The van der Waals surface area contributed by atoms with E-state index in [1.54, 1.807) is 13.8 Å². The first-order valence-corrected chi connectivity index (χ1v) is 11.6. The number of nitrogens with zero attached hydrogens (tertiary/aromatic N) is 1. The van der Waals surface area contributed by atoms with E-state index in [4.69, 9.17) is 14.2 Å². The SMILES string of the molecule is CCOC(=O)C1=C(CN2CCC[C@@H](C(=O)OCC)C2)NC(=O)N[C@@H]1c1ccc(OCC)cc1. The minimum absolute atomic E-state index is 0.205. The zero-order chi connectivity index (χ0) is 23.8. The van der Waals surface area contributed by atoms with E-state index >= 15 is 0 Å². The van der Waals surface area contributed by atoms with Crippen molar-refractivity contribution in [1.29, 1.82) is 0 Å². The van der Waals surface area contributed by atoms with E-state index < -0.39 is 18.0 Å². The molecule has 0 aromatic heterocycles. The Morgan fingerprint density at radius 2 is 1.79 bits per heavy atom. The highest BCUT2D eigenvalue weighted by atomic mass is 16.5. The molecular weight excluding hydrogens is 426 g/mol. The number of ether oxygens (including phenoxy) is 3. The summed E-state index contributed by atoms with van der Waals surface area (Å²) in [5, 5.41) is 5.64. The number of carbonyl (C=O) groups excluding carboxylic acids is 3. The predicted molar refractivity (Wildman–Crippen MR) is 121 cm³/mol. The molecule has 0 radical (unpaired) electrons. The average Bonchev–Trinajstić information content (AvgIpc) is 2.80. The van der Waals surface area contributed by atoms with Crippen LogP contribution in [0.3, 0.4) is 0 Å². The van der Waals surface area contributed by atoms with E-state index in [1.807, 2.05) is 31.2 Å². The number of likely N-dealkylation sites (tertiary alicyclic amines) is 1. The lowest BCUT2D eigenvalue weighted by atomic mass is 9.93. The van der Waals surface area contributed by atoms with E-state index in [-0.39, 0.29) is 18.5 Å². The first-order chi connectivity index (χ1) is 16.0. The van der Waals surface area contributed by atoms with Crippen molar-refractivity contribution in [1.82, 2.24) is 15.5 Å². The van der Waals surface area contributed by atoms with Crippen LogP contribution in [-0.4, -0.2) is 62.3 Å². The summed E-state index contributed by atoms with van der Waals surface area (Å²) in [6, 6.07) is 6.23. The van der Waals surface area contributed by atoms with Crippen molar-refractivity contribution in [2.45, 2.75) is 39.7 Å². The number of esters is 2. The van der Waals surface area contributed by atoms with Crippen molar-refractivity contribution >= 4 is 18.0 Å². The topological polar surface area (TPSA) is 106 Å². The summed E-state index contributed by atoms with van der Waals surface area (Å²) in [5.41, 5.74) is 1.59. The number of rotatable bonds is 9. The van der Waals surface area contributed by atoms with Gasteiger partial charge in [-0.15, -0.1) is 0 Å². The van der Waals surface area contributed by atoms with Crippen molar-refractivity contribution < 1.29 is 28.6 Å². The summed E-state index contributed by atoms with van der Waals surface area (Å²) in [5.74, 6) is -0.201. The van der Waals surface area contributed by atoms with Gasteiger partial charge in [0.1, 0.15) is 5.75 Å². The summed E-state index contributed by atoms with van der Waals surface area (Å²) in [4.78, 5) is 39.8. The van der Waals surface area contributed by atoms with Crippen LogP contribution in [-0.2, 0) is 19.1 Å². The maximum atomic E-state index is 13.0. The molecule has 2 heterocycles. The van der Waals surface area contributed by atoms with Gasteiger partial charge in [-0.25, -0.2) is 9.59 Å². The molecule has 0 bridgehead atoms. The normalized spacial score (nSPS) is 21.1. The Balaban J connectivity index is 1.89. The number of benzene rings is 1. The van der Waals surface area contributed by atoms with Crippen molar-refractivity contribution in [3.05, 3.63) is 41.1 Å². The molecule has 2 amide bonds.